The molecule has 1 saturated carbocycles. The van der Waals surface area contributed by atoms with Gasteiger partial charge in [0.15, 0.2) is 0 Å². The fourth-order valence-electron chi connectivity index (χ4n) is 2.90. The number of benzene rings is 1. The van der Waals surface area contributed by atoms with E-state index in [4.69, 9.17) is 0 Å². The van der Waals surface area contributed by atoms with Crippen molar-refractivity contribution in [3.63, 3.8) is 0 Å². The summed E-state index contributed by atoms with van der Waals surface area (Å²) < 4.78 is 0. The van der Waals surface area contributed by atoms with Crippen LogP contribution in [0.5, 0.6) is 0 Å². The van der Waals surface area contributed by atoms with Crippen LogP contribution >= 0.6 is 0 Å². The summed E-state index contributed by atoms with van der Waals surface area (Å²) in [6.45, 7) is 9.32. The van der Waals surface area contributed by atoms with Gasteiger partial charge in [0, 0.05) is 11.7 Å². The van der Waals surface area contributed by atoms with Gasteiger partial charge in [-0.05, 0) is 48.6 Å². The van der Waals surface area contributed by atoms with Crippen LogP contribution in [-0.2, 0) is 0 Å². The van der Waals surface area contributed by atoms with Crippen molar-refractivity contribution in [3.8, 4) is 0 Å². The highest BCUT2D eigenvalue weighted by Crippen LogP contribution is 2.36. The molecule has 0 unspecified atom stereocenters. The molecule has 0 spiro atoms. The van der Waals surface area contributed by atoms with Crippen molar-refractivity contribution in [2.45, 2.75) is 65.3 Å². The minimum Gasteiger partial charge on any atom is -0.382 e. The lowest BCUT2D eigenvalue weighted by Crippen LogP contribution is -2.30. The zero-order valence-corrected chi connectivity index (χ0v) is 12.3. The SMILES string of the molecule is CC(C)c1ccccc1NC1CCC(C)(C)CC1. The number of nitrogens with one attached hydrogen (secondary N) is 1. The summed E-state index contributed by atoms with van der Waals surface area (Å²) >= 11 is 0. The highest BCUT2D eigenvalue weighted by atomic mass is 14.9. The maximum atomic E-state index is 3.77. The Kier molecular flexibility index (Phi) is 3.99. The molecule has 2 rings (SSSR count). The number of para-hydroxylation sites is 1. The second-order valence-corrected chi connectivity index (χ2v) is 6.82. The van der Waals surface area contributed by atoms with E-state index >= 15 is 0 Å². The maximum absolute atomic E-state index is 3.77. The van der Waals surface area contributed by atoms with E-state index in [1.165, 1.54) is 36.9 Å². The molecule has 1 heteroatoms. The predicted molar refractivity (Wildman–Crippen MR) is 80.2 cm³/mol. The van der Waals surface area contributed by atoms with Crippen molar-refractivity contribution in [1.82, 2.24) is 0 Å². The smallest absolute Gasteiger partial charge is 0.0377 e. The van der Waals surface area contributed by atoms with Crippen LogP contribution in [0.1, 0.15) is 64.9 Å². The van der Waals surface area contributed by atoms with Crippen molar-refractivity contribution in [2.75, 3.05) is 5.32 Å². The summed E-state index contributed by atoms with van der Waals surface area (Å²) in [6.07, 6.45) is 5.29. The average Bonchev–Trinajstić information content (AvgIpc) is 2.32. The first-order chi connectivity index (χ1) is 8.48. The van der Waals surface area contributed by atoms with Gasteiger partial charge in [-0.15, -0.1) is 0 Å². The van der Waals surface area contributed by atoms with Gasteiger partial charge in [-0.1, -0.05) is 45.9 Å². The van der Waals surface area contributed by atoms with Crippen molar-refractivity contribution in [2.24, 2.45) is 5.41 Å². The van der Waals surface area contributed by atoms with E-state index < -0.39 is 0 Å². The molecular formula is C17H27N. The Bertz CT molecular complexity index is 382. The summed E-state index contributed by atoms with van der Waals surface area (Å²) in [6, 6.07) is 9.43. The number of rotatable bonds is 3. The zero-order valence-electron chi connectivity index (χ0n) is 12.3. The maximum Gasteiger partial charge on any atom is 0.0377 e. The Morgan fingerprint density at radius 1 is 1.11 bits per heavy atom. The van der Waals surface area contributed by atoms with Gasteiger partial charge >= 0.3 is 0 Å². The standard InChI is InChI=1S/C17H27N/c1-13(2)15-7-5-6-8-16(15)18-14-9-11-17(3,4)12-10-14/h5-8,13-14,18H,9-12H2,1-4H3. The van der Waals surface area contributed by atoms with E-state index in [0.29, 0.717) is 17.4 Å². The largest absolute Gasteiger partial charge is 0.382 e. The van der Waals surface area contributed by atoms with Crippen LogP contribution in [-0.4, -0.2) is 6.04 Å². The third-order valence-electron chi connectivity index (χ3n) is 4.28. The minimum absolute atomic E-state index is 0.551. The molecule has 100 valence electrons. The molecule has 1 N–H and O–H groups in total. The van der Waals surface area contributed by atoms with Crippen molar-refractivity contribution >= 4 is 5.69 Å². The molecule has 0 amide bonds. The van der Waals surface area contributed by atoms with Crippen LogP contribution in [0.15, 0.2) is 24.3 Å². The Morgan fingerprint density at radius 3 is 2.33 bits per heavy atom. The molecule has 1 aromatic rings. The summed E-state index contributed by atoms with van der Waals surface area (Å²) in [5.41, 5.74) is 3.34. The highest BCUT2D eigenvalue weighted by Gasteiger charge is 2.26. The van der Waals surface area contributed by atoms with Crippen LogP contribution < -0.4 is 5.32 Å². The Morgan fingerprint density at radius 2 is 1.72 bits per heavy atom. The van der Waals surface area contributed by atoms with Crippen molar-refractivity contribution in [1.29, 1.82) is 0 Å². The van der Waals surface area contributed by atoms with Crippen LogP contribution in [0.2, 0.25) is 0 Å². The van der Waals surface area contributed by atoms with Gasteiger partial charge in [0.25, 0.3) is 0 Å². The molecule has 0 bridgehead atoms. The number of hydrogen-bond acceptors (Lipinski definition) is 1. The van der Waals surface area contributed by atoms with Gasteiger partial charge in [-0.25, -0.2) is 0 Å². The van der Waals surface area contributed by atoms with Gasteiger partial charge in [-0.2, -0.15) is 0 Å². The predicted octanol–water partition coefficient (Wildman–Crippen LogP) is 5.19. The number of anilines is 1. The van der Waals surface area contributed by atoms with Crippen LogP contribution in [0.25, 0.3) is 0 Å². The molecule has 1 aliphatic carbocycles. The Labute approximate surface area is 112 Å². The highest BCUT2D eigenvalue weighted by molar-refractivity contribution is 5.53. The summed E-state index contributed by atoms with van der Waals surface area (Å²) in [4.78, 5) is 0. The fourth-order valence-corrected chi connectivity index (χ4v) is 2.90. The van der Waals surface area contributed by atoms with Gasteiger partial charge in [0.2, 0.25) is 0 Å². The van der Waals surface area contributed by atoms with Crippen molar-refractivity contribution < 1.29 is 0 Å². The monoisotopic (exact) mass is 245 g/mol. The van der Waals surface area contributed by atoms with Crippen LogP contribution in [0.4, 0.5) is 5.69 Å². The van der Waals surface area contributed by atoms with Gasteiger partial charge in [0.1, 0.15) is 0 Å². The van der Waals surface area contributed by atoms with E-state index in [2.05, 4.69) is 57.3 Å². The average molecular weight is 245 g/mol. The second-order valence-electron chi connectivity index (χ2n) is 6.82. The number of hydrogen-bond donors (Lipinski definition) is 1. The lowest BCUT2D eigenvalue weighted by Gasteiger charge is -2.35. The lowest BCUT2D eigenvalue weighted by atomic mass is 9.75. The molecule has 0 aliphatic heterocycles. The molecular weight excluding hydrogens is 218 g/mol. The van der Waals surface area contributed by atoms with Crippen molar-refractivity contribution in [3.05, 3.63) is 29.8 Å². The van der Waals surface area contributed by atoms with Gasteiger partial charge in [0.05, 0.1) is 0 Å². The lowest BCUT2D eigenvalue weighted by molar-refractivity contribution is 0.232. The van der Waals surface area contributed by atoms with E-state index in [9.17, 15) is 0 Å². The van der Waals surface area contributed by atoms with E-state index in [1.807, 2.05) is 0 Å². The topological polar surface area (TPSA) is 12.0 Å². The van der Waals surface area contributed by atoms with Crippen LogP contribution in [0.3, 0.4) is 0 Å². The molecule has 0 heterocycles. The first-order valence-electron chi connectivity index (χ1n) is 7.33. The first-order valence-corrected chi connectivity index (χ1v) is 7.33. The summed E-state index contributed by atoms with van der Waals surface area (Å²) in [5, 5.41) is 3.77. The molecule has 18 heavy (non-hydrogen) atoms. The molecule has 0 saturated heterocycles. The quantitative estimate of drug-likeness (QED) is 0.772. The Balaban J connectivity index is 2.02. The fraction of sp³-hybridized carbons (Fsp3) is 0.647. The normalized spacial score (nSPS) is 20.1. The van der Waals surface area contributed by atoms with E-state index in [1.54, 1.807) is 0 Å². The molecule has 0 radical (unpaired) electrons. The van der Waals surface area contributed by atoms with Gasteiger partial charge in [-0.3, -0.25) is 0 Å². The van der Waals surface area contributed by atoms with E-state index in [-0.39, 0.29) is 0 Å². The minimum atomic E-state index is 0.551. The van der Waals surface area contributed by atoms with E-state index in [0.717, 1.165) is 0 Å². The molecule has 0 atom stereocenters. The van der Waals surface area contributed by atoms with Crippen LogP contribution in [0, 0.1) is 5.41 Å². The summed E-state index contributed by atoms with van der Waals surface area (Å²) in [5.74, 6) is 0.591. The molecule has 1 aliphatic rings. The zero-order chi connectivity index (χ0) is 13.2. The molecule has 1 aromatic carbocycles. The molecule has 1 fully saturated rings. The molecule has 0 aromatic heterocycles. The third-order valence-corrected chi connectivity index (χ3v) is 4.28. The first kappa shape index (κ1) is 13.5. The Hall–Kier alpha value is -0.980. The second kappa shape index (κ2) is 5.34. The third kappa shape index (κ3) is 3.28. The molecule has 1 nitrogen and oxygen atoms in total. The summed E-state index contributed by atoms with van der Waals surface area (Å²) in [7, 11) is 0. The van der Waals surface area contributed by atoms with Gasteiger partial charge < -0.3 is 5.32 Å².